The summed E-state index contributed by atoms with van der Waals surface area (Å²) in [7, 11) is 1.67. The molecule has 0 saturated carbocycles. The Morgan fingerprint density at radius 3 is 2.76 bits per heavy atom. The van der Waals surface area contributed by atoms with Gasteiger partial charge in [0.05, 0.1) is 12.2 Å². The van der Waals surface area contributed by atoms with Crippen LogP contribution >= 0.6 is 0 Å². The summed E-state index contributed by atoms with van der Waals surface area (Å²) in [6.45, 7) is 3.90. The van der Waals surface area contributed by atoms with Gasteiger partial charge in [-0.2, -0.15) is 0 Å². The molecular formula is C11H13N3O3. The molecule has 0 N–H and O–H groups in total. The van der Waals surface area contributed by atoms with Gasteiger partial charge in [0.1, 0.15) is 11.5 Å². The lowest BCUT2D eigenvalue weighted by Crippen LogP contribution is -2.26. The minimum atomic E-state index is -0.222. The van der Waals surface area contributed by atoms with Gasteiger partial charge < -0.3 is 13.8 Å². The van der Waals surface area contributed by atoms with E-state index in [1.165, 1.54) is 11.3 Å². The molecule has 0 atom stereocenters. The van der Waals surface area contributed by atoms with Crippen LogP contribution in [0.15, 0.2) is 21.4 Å². The van der Waals surface area contributed by atoms with Crippen molar-refractivity contribution < 1.29 is 13.7 Å². The molecule has 0 aliphatic rings. The summed E-state index contributed by atoms with van der Waals surface area (Å²) in [4.78, 5) is 17.4. The summed E-state index contributed by atoms with van der Waals surface area (Å²) < 4.78 is 9.98. The standard InChI is InChI=1S/C11H13N3O3/c1-7-4-9(13-17-7)5-14(3)11(15)10-8(2)12-6-16-10/h4,6H,5H2,1-3H3. The van der Waals surface area contributed by atoms with Crippen LogP contribution in [-0.4, -0.2) is 28.0 Å². The SMILES string of the molecule is Cc1cc(CN(C)C(=O)c2ocnc2C)no1. The second-order valence-corrected chi connectivity index (χ2v) is 3.86. The van der Waals surface area contributed by atoms with Gasteiger partial charge in [0.15, 0.2) is 6.39 Å². The number of carbonyl (C=O) groups is 1. The maximum Gasteiger partial charge on any atom is 0.291 e. The third-order valence-electron chi connectivity index (χ3n) is 2.36. The molecule has 0 fully saturated rings. The highest BCUT2D eigenvalue weighted by Crippen LogP contribution is 2.11. The average molecular weight is 235 g/mol. The van der Waals surface area contributed by atoms with Crippen LogP contribution in [0.4, 0.5) is 0 Å². The maximum atomic E-state index is 12.0. The molecule has 2 aromatic rings. The van der Waals surface area contributed by atoms with Gasteiger partial charge in [-0.05, 0) is 13.8 Å². The molecule has 6 heteroatoms. The van der Waals surface area contributed by atoms with E-state index in [4.69, 9.17) is 8.94 Å². The summed E-state index contributed by atoms with van der Waals surface area (Å²) >= 11 is 0. The third kappa shape index (κ3) is 2.35. The van der Waals surface area contributed by atoms with E-state index in [9.17, 15) is 4.79 Å². The summed E-state index contributed by atoms with van der Waals surface area (Å²) in [5, 5.41) is 3.83. The summed E-state index contributed by atoms with van der Waals surface area (Å²) in [5.41, 5.74) is 1.29. The lowest BCUT2D eigenvalue weighted by molar-refractivity contribution is 0.0749. The van der Waals surface area contributed by atoms with Gasteiger partial charge in [-0.3, -0.25) is 4.79 Å². The topological polar surface area (TPSA) is 72.4 Å². The van der Waals surface area contributed by atoms with E-state index in [-0.39, 0.29) is 11.7 Å². The van der Waals surface area contributed by atoms with Crippen LogP contribution in [-0.2, 0) is 6.54 Å². The number of rotatable bonds is 3. The zero-order valence-corrected chi connectivity index (χ0v) is 9.93. The molecule has 6 nitrogen and oxygen atoms in total. The first kappa shape index (κ1) is 11.4. The van der Waals surface area contributed by atoms with Crippen LogP contribution in [0, 0.1) is 13.8 Å². The number of aryl methyl sites for hydroxylation is 2. The Balaban J connectivity index is 2.08. The van der Waals surface area contributed by atoms with E-state index in [2.05, 4.69) is 10.1 Å². The molecule has 0 bridgehead atoms. The predicted octanol–water partition coefficient (Wildman–Crippen LogP) is 1.55. The first-order chi connectivity index (χ1) is 8.08. The Hall–Kier alpha value is -2.11. The second-order valence-electron chi connectivity index (χ2n) is 3.86. The Kier molecular flexibility index (Phi) is 2.95. The highest BCUT2D eigenvalue weighted by Gasteiger charge is 2.19. The van der Waals surface area contributed by atoms with Crippen LogP contribution in [0.1, 0.15) is 27.7 Å². The summed E-state index contributed by atoms with van der Waals surface area (Å²) in [6, 6.07) is 1.79. The minimum absolute atomic E-state index is 0.222. The van der Waals surface area contributed by atoms with Gasteiger partial charge in [-0.25, -0.2) is 4.98 Å². The molecule has 0 radical (unpaired) electrons. The van der Waals surface area contributed by atoms with Crippen molar-refractivity contribution in [3.63, 3.8) is 0 Å². The smallest absolute Gasteiger partial charge is 0.291 e. The lowest BCUT2D eigenvalue weighted by Gasteiger charge is -2.13. The van der Waals surface area contributed by atoms with Crippen molar-refractivity contribution in [3.05, 3.63) is 35.4 Å². The van der Waals surface area contributed by atoms with Crippen LogP contribution in [0.3, 0.4) is 0 Å². The molecule has 90 valence electrons. The first-order valence-corrected chi connectivity index (χ1v) is 5.15. The van der Waals surface area contributed by atoms with E-state index in [0.717, 1.165) is 5.76 Å². The molecule has 0 saturated heterocycles. The molecule has 0 aliphatic carbocycles. The molecular weight excluding hydrogens is 222 g/mol. The third-order valence-corrected chi connectivity index (χ3v) is 2.36. The van der Waals surface area contributed by atoms with Gasteiger partial charge in [-0.1, -0.05) is 5.16 Å². The van der Waals surface area contributed by atoms with E-state index in [1.54, 1.807) is 27.0 Å². The van der Waals surface area contributed by atoms with Crippen LogP contribution in [0.25, 0.3) is 0 Å². The number of carbonyl (C=O) groups excluding carboxylic acids is 1. The average Bonchev–Trinajstić information content (AvgIpc) is 2.86. The molecule has 0 unspecified atom stereocenters. The number of nitrogens with zero attached hydrogens (tertiary/aromatic N) is 3. The normalized spacial score (nSPS) is 10.5. The first-order valence-electron chi connectivity index (χ1n) is 5.15. The zero-order chi connectivity index (χ0) is 12.4. The van der Waals surface area contributed by atoms with Gasteiger partial charge in [0.25, 0.3) is 5.91 Å². The van der Waals surface area contributed by atoms with E-state index in [1.807, 2.05) is 0 Å². The Morgan fingerprint density at radius 1 is 1.47 bits per heavy atom. The van der Waals surface area contributed by atoms with Crippen LogP contribution < -0.4 is 0 Å². The predicted molar refractivity (Wildman–Crippen MR) is 58.3 cm³/mol. The van der Waals surface area contributed by atoms with Crippen molar-refractivity contribution >= 4 is 5.91 Å². The van der Waals surface area contributed by atoms with Gasteiger partial charge in [0, 0.05) is 13.1 Å². The van der Waals surface area contributed by atoms with Gasteiger partial charge >= 0.3 is 0 Å². The number of oxazole rings is 1. The van der Waals surface area contributed by atoms with Crippen molar-refractivity contribution in [3.8, 4) is 0 Å². The van der Waals surface area contributed by atoms with Crippen LogP contribution in [0.2, 0.25) is 0 Å². The summed E-state index contributed by atoms with van der Waals surface area (Å²) in [6.07, 6.45) is 1.26. The fourth-order valence-corrected chi connectivity index (χ4v) is 1.49. The van der Waals surface area contributed by atoms with Crippen molar-refractivity contribution in [2.75, 3.05) is 7.05 Å². The largest absolute Gasteiger partial charge is 0.438 e. The van der Waals surface area contributed by atoms with Crippen LogP contribution in [0.5, 0.6) is 0 Å². The van der Waals surface area contributed by atoms with Crippen molar-refractivity contribution in [1.29, 1.82) is 0 Å². The molecule has 0 spiro atoms. The molecule has 2 aromatic heterocycles. The van der Waals surface area contributed by atoms with Crippen molar-refractivity contribution in [2.24, 2.45) is 0 Å². The second kappa shape index (κ2) is 4.40. The van der Waals surface area contributed by atoms with Crippen molar-refractivity contribution in [1.82, 2.24) is 15.0 Å². The molecule has 2 heterocycles. The van der Waals surface area contributed by atoms with E-state index < -0.39 is 0 Å². The Morgan fingerprint density at radius 2 is 2.24 bits per heavy atom. The fraction of sp³-hybridized carbons (Fsp3) is 0.364. The number of hydrogen-bond donors (Lipinski definition) is 0. The van der Waals surface area contributed by atoms with E-state index >= 15 is 0 Å². The maximum absolute atomic E-state index is 12.0. The molecule has 0 aromatic carbocycles. The monoisotopic (exact) mass is 235 g/mol. The fourth-order valence-electron chi connectivity index (χ4n) is 1.49. The Labute approximate surface area is 98.2 Å². The number of aromatic nitrogens is 2. The van der Waals surface area contributed by atoms with Crippen molar-refractivity contribution in [2.45, 2.75) is 20.4 Å². The Bertz CT molecular complexity index is 530. The van der Waals surface area contributed by atoms with Gasteiger partial charge in [0.2, 0.25) is 5.76 Å². The highest BCUT2D eigenvalue weighted by atomic mass is 16.5. The minimum Gasteiger partial charge on any atom is -0.438 e. The molecule has 17 heavy (non-hydrogen) atoms. The zero-order valence-electron chi connectivity index (χ0n) is 9.93. The number of amides is 1. The molecule has 0 aliphatic heterocycles. The summed E-state index contributed by atoms with van der Waals surface area (Å²) in [5.74, 6) is 0.755. The molecule has 1 amide bonds. The highest BCUT2D eigenvalue weighted by molar-refractivity contribution is 5.92. The lowest BCUT2D eigenvalue weighted by atomic mass is 10.3. The quantitative estimate of drug-likeness (QED) is 0.807. The van der Waals surface area contributed by atoms with Gasteiger partial charge in [-0.15, -0.1) is 0 Å². The molecule has 2 rings (SSSR count). The van der Waals surface area contributed by atoms with E-state index in [0.29, 0.717) is 17.9 Å². The number of hydrogen-bond acceptors (Lipinski definition) is 5.